The molecule has 2 rings (SSSR count). The lowest BCUT2D eigenvalue weighted by molar-refractivity contribution is -0.384. The van der Waals surface area contributed by atoms with Crippen LogP contribution in [0.15, 0.2) is 54.6 Å². The first kappa shape index (κ1) is 18.3. The fraction of sp³-hybridized carbons (Fsp3) is 0.167. The summed E-state index contributed by atoms with van der Waals surface area (Å²) in [5.74, 6) is -0.722. The summed E-state index contributed by atoms with van der Waals surface area (Å²) in [6, 6.07) is 11.8. The fourth-order valence-corrected chi connectivity index (χ4v) is 2.18. The third kappa shape index (κ3) is 5.50. The van der Waals surface area contributed by atoms with Gasteiger partial charge >= 0.3 is 0 Å². The third-order valence-corrected chi connectivity index (χ3v) is 3.50. The van der Waals surface area contributed by atoms with E-state index in [1.54, 1.807) is 30.3 Å². The van der Waals surface area contributed by atoms with Gasteiger partial charge < -0.3 is 10.1 Å². The van der Waals surface area contributed by atoms with Crippen molar-refractivity contribution in [1.29, 1.82) is 0 Å². The Morgan fingerprint density at radius 1 is 1.32 bits per heavy atom. The number of carbonyl (C=O) groups is 1. The van der Waals surface area contributed by atoms with E-state index in [1.807, 2.05) is 0 Å². The second-order valence-electron chi connectivity index (χ2n) is 5.21. The Hall–Kier alpha value is -3.06. The largest absolute Gasteiger partial charge is 0.375 e. The molecule has 130 valence electrons. The van der Waals surface area contributed by atoms with Crippen molar-refractivity contribution in [2.45, 2.75) is 6.10 Å². The topological polar surface area (TPSA) is 81.5 Å². The first-order valence-corrected chi connectivity index (χ1v) is 7.48. The maximum Gasteiger partial charge on any atom is 0.269 e. The first-order valence-electron chi connectivity index (χ1n) is 7.48. The molecule has 0 aliphatic heterocycles. The lowest BCUT2D eigenvalue weighted by atomic mass is 10.1. The van der Waals surface area contributed by atoms with Crippen LogP contribution in [0.3, 0.4) is 0 Å². The van der Waals surface area contributed by atoms with Gasteiger partial charge in [-0.2, -0.15) is 0 Å². The van der Waals surface area contributed by atoms with Gasteiger partial charge in [0.2, 0.25) is 5.91 Å². The molecule has 0 bridgehead atoms. The van der Waals surface area contributed by atoms with Crippen molar-refractivity contribution < 1.29 is 18.8 Å². The highest BCUT2D eigenvalue weighted by Gasteiger charge is 2.12. The zero-order valence-electron chi connectivity index (χ0n) is 13.5. The summed E-state index contributed by atoms with van der Waals surface area (Å²) in [6.45, 7) is 0.184. The quantitative estimate of drug-likeness (QED) is 0.475. The number of nitrogens with zero attached hydrogens (tertiary/aromatic N) is 1. The second kappa shape index (κ2) is 8.70. The van der Waals surface area contributed by atoms with E-state index < -0.39 is 11.0 Å². The van der Waals surface area contributed by atoms with E-state index in [0.29, 0.717) is 11.1 Å². The summed E-state index contributed by atoms with van der Waals surface area (Å²) in [5.41, 5.74) is 1.27. The van der Waals surface area contributed by atoms with E-state index in [0.717, 1.165) is 0 Å². The second-order valence-corrected chi connectivity index (χ2v) is 5.21. The zero-order chi connectivity index (χ0) is 18.2. The summed E-state index contributed by atoms with van der Waals surface area (Å²) in [5, 5.41) is 13.3. The van der Waals surface area contributed by atoms with Crippen molar-refractivity contribution in [3.05, 3.63) is 81.7 Å². The molecular weight excluding hydrogens is 327 g/mol. The Morgan fingerprint density at radius 2 is 2.04 bits per heavy atom. The number of carbonyl (C=O) groups excluding carboxylic acids is 1. The number of halogens is 1. The summed E-state index contributed by atoms with van der Waals surface area (Å²) >= 11 is 0. The SMILES string of the molecule is COC(CNC(=O)/C=C/c1ccc([N+](=O)[O-])cc1)c1cccc(F)c1. The van der Waals surface area contributed by atoms with Gasteiger partial charge in [-0.3, -0.25) is 14.9 Å². The minimum Gasteiger partial charge on any atom is -0.375 e. The van der Waals surface area contributed by atoms with Gasteiger partial charge in [0.05, 0.1) is 11.0 Å². The molecule has 1 amide bonds. The van der Waals surface area contributed by atoms with Gasteiger partial charge in [-0.1, -0.05) is 12.1 Å². The van der Waals surface area contributed by atoms with Crippen LogP contribution < -0.4 is 5.32 Å². The van der Waals surface area contributed by atoms with Crippen LogP contribution in [0.4, 0.5) is 10.1 Å². The van der Waals surface area contributed by atoms with E-state index in [2.05, 4.69) is 5.32 Å². The summed E-state index contributed by atoms with van der Waals surface area (Å²) in [4.78, 5) is 22.0. The van der Waals surface area contributed by atoms with E-state index in [-0.39, 0.29) is 24.0 Å². The molecule has 1 unspecified atom stereocenters. The number of nitro benzene ring substituents is 1. The minimum atomic E-state index is -0.489. The predicted molar refractivity (Wildman–Crippen MR) is 91.3 cm³/mol. The van der Waals surface area contributed by atoms with Crippen molar-refractivity contribution in [3.63, 3.8) is 0 Å². The molecule has 1 N–H and O–H groups in total. The van der Waals surface area contributed by atoms with Crippen LogP contribution in [0.25, 0.3) is 6.08 Å². The zero-order valence-corrected chi connectivity index (χ0v) is 13.5. The van der Waals surface area contributed by atoms with Gasteiger partial charge in [-0.15, -0.1) is 0 Å². The fourth-order valence-electron chi connectivity index (χ4n) is 2.18. The van der Waals surface area contributed by atoms with Crippen LogP contribution in [0, 0.1) is 15.9 Å². The molecule has 0 saturated carbocycles. The van der Waals surface area contributed by atoms with Crippen LogP contribution in [0.2, 0.25) is 0 Å². The monoisotopic (exact) mass is 344 g/mol. The highest BCUT2D eigenvalue weighted by atomic mass is 19.1. The number of methoxy groups -OCH3 is 1. The first-order chi connectivity index (χ1) is 12.0. The van der Waals surface area contributed by atoms with Crippen LogP contribution in [0.5, 0.6) is 0 Å². The normalized spacial score (nSPS) is 12.1. The highest BCUT2D eigenvalue weighted by molar-refractivity contribution is 5.91. The molecule has 2 aromatic rings. The Kier molecular flexibility index (Phi) is 6.36. The summed E-state index contributed by atoms with van der Waals surface area (Å²) in [6.07, 6.45) is 2.40. The van der Waals surface area contributed by atoms with Crippen molar-refractivity contribution >= 4 is 17.7 Å². The molecule has 0 aliphatic rings. The van der Waals surface area contributed by atoms with Gasteiger partial charge in [-0.05, 0) is 41.5 Å². The molecule has 0 fully saturated rings. The summed E-state index contributed by atoms with van der Waals surface area (Å²) < 4.78 is 18.5. The van der Waals surface area contributed by atoms with Crippen LogP contribution >= 0.6 is 0 Å². The Labute approximate surface area is 144 Å². The number of non-ortho nitro benzene ring substituents is 1. The molecule has 0 radical (unpaired) electrons. The van der Waals surface area contributed by atoms with Crippen molar-refractivity contribution in [3.8, 4) is 0 Å². The maximum atomic E-state index is 13.3. The molecule has 0 aromatic heterocycles. The van der Waals surface area contributed by atoms with Crippen molar-refractivity contribution in [1.82, 2.24) is 5.32 Å². The molecular formula is C18H17FN2O4. The number of nitro groups is 1. The summed E-state index contributed by atoms with van der Waals surface area (Å²) in [7, 11) is 1.48. The molecule has 1 atom stereocenters. The third-order valence-electron chi connectivity index (χ3n) is 3.50. The molecule has 0 aliphatic carbocycles. The Morgan fingerprint density at radius 3 is 2.64 bits per heavy atom. The van der Waals surface area contributed by atoms with Gasteiger partial charge in [0.25, 0.3) is 5.69 Å². The predicted octanol–water partition coefficient (Wildman–Crippen LogP) is 3.25. The molecule has 6 nitrogen and oxygen atoms in total. The highest BCUT2D eigenvalue weighted by Crippen LogP contribution is 2.17. The van der Waals surface area contributed by atoms with Crippen molar-refractivity contribution in [2.75, 3.05) is 13.7 Å². The van der Waals surface area contributed by atoms with Crippen molar-refractivity contribution in [2.24, 2.45) is 0 Å². The van der Waals surface area contributed by atoms with Gasteiger partial charge in [0.1, 0.15) is 5.82 Å². The molecule has 0 spiro atoms. The van der Waals surface area contributed by atoms with Gasteiger partial charge in [0.15, 0.2) is 0 Å². The number of hydrogen-bond acceptors (Lipinski definition) is 4. The van der Waals surface area contributed by atoms with E-state index in [4.69, 9.17) is 4.74 Å². The Bertz CT molecular complexity index is 775. The number of nitrogens with one attached hydrogen (secondary N) is 1. The number of amides is 1. The number of hydrogen-bond donors (Lipinski definition) is 1. The van der Waals surface area contributed by atoms with Crippen LogP contribution in [-0.2, 0) is 9.53 Å². The van der Waals surface area contributed by atoms with Gasteiger partial charge in [-0.25, -0.2) is 4.39 Å². The maximum absolute atomic E-state index is 13.3. The van der Waals surface area contributed by atoms with Gasteiger partial charge in [0, 0.05) is 31.9 Å². The van der Waals surface area contributed by atoms with Crippen LogP contribution in [-0.4, -0.2) is 24.5 Å². The lowest BCUT2D eigenvalue weighted by Crippen LogP contribution is -2.27. The van der Waals surface area contributed by atoms with Crippen LogP contribution in [0.1, 0.15) is 17.2 Å². The van der Waals surface area contributed by atoms with E-state index >= 15 is 0 Å². The number of ether oxygens (including phenoxy) is 1. The molecule has 0 heterocycles. The smallest absolute Gasteiger partial charge is 0.269 e. The molecule has 25 heavy (non-hydrogen) atoms. The minimum absolute atomic E-state index is 0.0142. The molecule has 0 saturated heterocycles. The number of rotatable bonds is 7. The number of benzene rings is 2. The Balaban J connectivity index is 1.91. The average Bonchev–Trinajstić information content (AvgIpc) is 2.61. The standard InChI is InChI=1S/C18H17FN2O4/c1-25-17(14-3-2-4-15(19)11-14)12-20-18(22)10-7-13-5-8-16(9-6-13)21(23)24/h2-11,17H,12H2,1H3,(H,20,22)/b10-7+. The van der Waals surface area contributed by atoms with E-state index in [9.17, 15) is 19.3 Å². The molecule has 7 heteroatoms. The average molecular weight is 344 g/mol. The lowest BCUT2D eigenvalue weighted by Gasteiger charge is -2.16. The van der Waals surface area contributed by atoms with E-state index in [1.165, 1.54) is 37.5 Å². The molecule has 2 aromatic carbocycles.